The van der Waals surface area contributed by atoms with Gasteiger partial charge in [0.15, 0.2) is 0 Å². The number of rotatable bonds is 4. The summed E-state index contributed by atoms with van der Waals surface area (Å²) in [5.74, 6) is 0.807. The van der Waals surface area contributed by atoms with Crippen molar-refractivity contribution in [3.05, 3.63) is 34.9 Å². The van der Waals surface area contributed by atoms with Crippen molar-refractivity contribution in [2.75, 3.05) is 19.6 Å². The van der Waals surface area contributed by atoms with Gasteiger partial charge < -0.3 is 10.6 Å². The average molecular weight is 253 g/mol. The van der Waals surface area contributed by atoms with Crippen LogP contribution >= 0.6 is 11.6 Å². The molecule has 1 fully saturated rings. The molecule has 0 unspecified atom stereocenters. The molecule has 0 aromatic heterocycles. The second-order valence-corrected chi connectivity index (χ2v) is 5.25. The fourth-order valence-electron chi connectivity index (χ4n) is 2.37. The molecule has 94 valence electrons. The van der Waals surface area contributed by atoms with Crippen molar-refractivity contribution in [1.29, 1.82) is 0 Å². The van der Waals surface area contributed by atoms with Crippen LogP contribution < -0.4 is 10.6 Å². The lowest BCUT2D eigenvalue weighted by Crippen LogP contribution is -2.34. The summed E-state index contributed by atoms with van der Waals surface area (Å²) in [5.41, 5.74) is 1.20. The Morgan fingerprint density at radius 2 is 2.06 bits per heavy atom. The van der Waals surface area contributed by atoms with Gasteiger partial charge in [-0.25, -0.2) is 0 Å². The predicted molar refractivity (Wildman–Crippen MR) is 73.5 cm³/mol. The van der Waals surface area contributed by atoms with Crippen molar-refractivity contribution in [2.45, 2.75) is 25.8 Å². The van der Waals surface area contributed by atoms with E-state index in [9.17, 15) is 0 Å². The summed E-state index contributed by atoms with van der Waals surface area (Å²) in [6, 6.07) is 8.41. The number of nitrogens with one attached hydrogen (secondary N) is 2. The van der Waals surface area contributed by atoms with Gasteiger partial charge in [0.25, 0.3) is 0 Å². The number of piperidine rings is 1. The van der Waals surface area contributed by atoms with Crippen LogP contribution in [0.2, 0.25) is 5.02 Å². The van der Waals surface area contributed by atoms with Crippen LogP contribution in [0.4, 0.5) is 0 Å². The zero-order valence-electron chi connectivity index (χ0n) is 10.4. The molecule has 17 heavy (non-hydrogen) atoms. The molecule has 0 spiro atoms. The van der Waals surface area contributed by atoms with Crippen LogP contribution in [0.3, 0.4) is 0 Å². The molecule has 0 bridgehead atoms. The Labute approximate surface area is 109 Å². The number of hydrogen-bond acceptors (Lipinski definition) is 2. The fraction of sp³-hybridized carbons (Fsp3) is 0.571. The molecular weight excluding hydrogens is 232 g/mol. The highest BCUT2D eigenvalue weighted by Crippen LogP contribution is 2.22. The highest BCUT2D eigenvalue weighted by atomic mass is 35.5. The van der Waals surface area contributed by atoms with Crippen molar-refractivity contribution in [1.82, 2.24) is 10.6 Å². The smallest absolute Gasteiger partial charge is 0.0453 e. The fourth-order valence-corrected chi connectivity index (χ4v) is 2.66. The summed E-state index contributed by atoms with van der Waals surface area (Å²) in [6.07, 6.45) is 2.56. The van der Waals surface area contributed by atoms with Crippen molar-refractivity contribution < 1.29 is 0 Å². The highest BCUT2D eigenvalue weighted by molar-refractivity contribution is 6.31. The van der Waals surface area contributed by atoms with E-state index in [4.69, 9.17) is 11.6 Å². The predicted octanol–water partition coefficient (Wildman–Crippen LogP) is 2.99. The molecule has 1 aliphatic rings. The van der Waals surface area contributed by atoms with E-state index < -0.39 is 0 Å². The van der Waals surface area contributed by atoms with Gasteiger partial charge in [-0.05, 0) is 56.9 Å². The molecule has 0 radical (unpaired) electrons. The van der Waals surface area contributed by atoms with Crippen molar-refractivity contribution in [3.8, 4) is 0 Å². The Bertz CT molecular complexity index is 348. The summed E-state index contributed by atoms with van der Waals surface area (Å²) >= 11 is 6.19. The van der Waals surface area contributed by atoms with E-state index in [-0.39, 0.29) is 0 Å². The first-order chi connectivity index (χ1) is 8.27. The minimum Gasteiger partial charge on any atom is -0.317 e. The zero-order chi connectivity index (χ0) is 12.1. The van der Waals surface area contributed by atoms with Gasteiger partial charge in [-0.15, -0.1) is 0 Å². The maximum absolute atomic E-state index is 6.19. The highest BCUT2D eigenvalue weighted by Gasteiger charge is 2.15. The Morgan fingerprint density at radius 3 is 2.76 bits per heavy atom. The molecule has 1 aromatic carbocycles. The van der Waals surface area contributed by atoms with Gasteiger partial charge in [0.05, 0.1) is 0 Å². The lowest BCUT2D eigenvalue weighted by molar-refractivity contribution is 0.345. The largest absolute Gasteiger partial charge is 0.317 e. The van der Waals surface area contributed by atoms with Gasteiger partial charge in [-0.1, -0.05) is 29.8 Å². The zero-order valence-corrected chi connectivity index (χ0v) is 11.1. The molecule has 0 aliphatic carbocycles. The van der Waals surface area contributed by atoms with Gasteiger partial charge in [-0.2, -0.15) is 0 Å². The molecule has 1 saturated heterocycles. The Balaban J connectivity index is 1.84. The number of halogens is 1. The van der Waals surface area contributed by atoms with Crippen LogP contribution in [0.15, 0.2) is 24.3 Å². The van der Waals surface area contributed by atoms with Gasteiger partial charge >= 0.3 is 0 Å². The number of benzene rings is 1. The van der Waals surface area contributed by atoms with Gasteiger partial charge in [-0.3, -0.25) is 0 Å². The maximum atomic E-state index is 6.19. The molecule has 3 heteroatoms. The van der Waals surface area contributed by atoms with Crippen LogP contribution in [0, 0.1) is 5.92 Å². The third kappa shape index (κ3) is 3.70. The van der Waals surface area contributed by atoms with Crippen LogP contribution in [0.1, 0.15) is 31.4 Å². The van der Waals surface area contributed by atoms with E-state index in [1.165, 1.54) is 18.4 Å². The first-order valence-corrected chi connectivity index (χ1v) is 6.83. The van der Waals surface area contributed by atoms with Crippen molar-refractivity contribution in [2.24, 2.45) is 5.92 Å². The van der Waals surface area contributed by atoms with E-state index in [1.807, 2.05) is 18.2 Å². The lowest BCUT2D eigenvalue weighted by atomic mass is 9.97. The van der Waals surface area contributed by atoms with Crippen molar-refractivity contribution in [3.63, 3.8) is 0 Å². The number of hydrogen-bond donors (Lipinski definition) is 2. The van der Waals surface area contributed by atoms with E-state index in [0.717, 1.165) is 30.6 Å². The first kappa shape index (κ1) is 12.9. The SMILES string of the molecule is C[C@@H](NCC1CCNCC1)c1ccccc1Cl. The third-order valence-electron chi connectivity index (χ3n) is 3.54. The van der Waals surface area contributed by atoms with E-state index in [2.05, 4.69) is 23.6 Å². The molecule has 1 aromatic rings. The van der Waals surface area contributed by atoms with Crippen LogP contribution in [0.25, 0.3) is 0 Å². The summed E-state index contributed by atoms with van der Waals surface area (Å²) in [5, 5.41) is 7.85. The second-order valence-electron chi connectivity index (χ2n) is 4.84. The third-order valence-corrected chi connectivity index (χ3v) is 3.89. The minimum absolute atomic E-state index is 0.332. The standard InChI is InChI=1S/C14H21ClN2/c1-11(13-4-2-3-5-14(13)15)17-10-12-6-8-16-9-7-12/h2-5,11-12,16-17H,6-10H2,1H3/t11-/m1/s1. The summed E-state index contributed by atoms with van der Waals surface area (Å²) in [4.78, 5) is 0. The summed E-state index contributed by atoms with van der Waals surface area (Å²) < 4.78 is 0. The molecule has 1 aliphatic heterocycles. The monoisotopic (exact) mass is 252 g/mol. The second kappa shape index (κ2) is 6.39. The van der Waals surface area contributed by atoms with E-state index in [1.54, 1.807) is 0 Å². The topological polar surface area (TPSA) is 24.1 Å². The van der Waals surface area contributed by atoms with Gasteiger partial charge in [0.1, 0.15) is 0 Å². The molecule has 0 amide bonds. The normalized spacial score (nSPS) is 19.2. The molecular formula is C14H21ClN2. The summed E-state index contributed by atoms with van der Waals surface area (Å²) in [6.45, 7) is 5.59. The average Bonchev–Trinajstić information content (AvgIpc) is 2.38. The van der Waals surface area contributed by atoms with E-state index in [0.29, 0.717) is 6.04 Å². The Kier molecular flexibility index (Phi) is 4.84. The maximum Gasteiger partial charge on any atom is 0.0453 e. The molecule has 1 atom stereocenters. The Hall–Kier alpha value is -0.570. The van der Waals surface area contributed by atoms with Crippen LogP contribution in [-0.4, -0.2) is 19.6 Å². The summed E-state index contributed by atoms with van der Waals surface area (Å²) in [7, 11) is 0. The molecule has 2 N–H and O–H groups in total. The van der Waals surface area contributed by atoms with Gasteiger partial charge in [0, 0.05) is 11.1 Å². The van der Waals surface area contributed by atoms with E-state index >= 15 is 0 Å². The quantitative estimate of drug-likeness (QED) is 0.861. The van der Waals surface area contributed by atoms with Gasteiger partial charge in [0.2, 0.25) is 0 Å². The van der Waals surface area contributed by atoms with Crippen LogP contribution in [0.5, 0.6) is 0 Å². The lowest BCUT2D eigenvalue weighted by Gasteiger charge is -2.25. The van der Waals surface area contributed by atoms with Crippen LogP contribution in [-0.2, 0) is 0 Å². The first-order valence-electron chi connectivity index (χ1n) is 6.46. The molecule has 2 rings (SSSR count). The Morgan fingerprint density at radius 1 is 1.35 bits per heavy atom. The van der Waals surface area contributed by atoms with Crippen molar-refractivity contribution >= 4 is 11.6 Å². The minimum atomic E-state index is 0.332. The molecule has 2 nitrogen and oxygen atoms in total. The molecule has 0 saturated carbocycles. The molecule has 1 heterocycles.